The van der Waals surface area contributed by atoms with Crippen LogP contribution in [0.5, 0.6) is 10.9 Å². The van der Waals surface area contributed by atoms with Crippen molar-refractivity contribution in [3.05, 3.63) is 77.7 Å². The monoisotopic (exact) mass is 495 g/mol. The molecule has 0 aliphatic heterocycles. The molecule has 1 heterocycles. The van der Waals surface area contributed by atoms with Crippen LogP contribution >= 0.6 is 11.3 Å². The molecule has 0 radical (unpaired) electrons. The van der Waals surface area contributed by atoms with Gasteiger partial charge >= 0.3 is 0 Å². The Kier molecular flexibility index (Phi) is 6.64. The van der Waals surface area contributed by atoms with Crippen LogP contribution in [-0.2, 0) is 10.0 Å². The van der Waals surface area contributed by atoms with Crippen molar-refractivity contribution >= 4 is 33.0 Å². The van der Waals surface area contributed by atoms with Crippen molar-refractivity contribution in [1.29, 1.82) is 0 Å². The maximum Gasteiger partial charge on any atom is 0.274 e. The number of nitrogens with zero attached hydrogens (tertiary/aromatic N) is 1. The largest absolute Gasteiger partial charge is 0.497 e. The number of carbonyl (C=O) groups excluding carboxylic acids is 1. The molecule has 0 aliphatic carbocycles. The molecule has 0 aliphatic rings. The van der Waals surface area contributed by atoms with Crippen LogP contribution in [-0.4, -0.2) is 33.5 Å². The highest BCUT2D eigenvalue weighted by atomic mass is 32.2. The second kappa shape index (κ2) is 9.64. The number of ether oxygens (including phenoxy) is 2. The summed E-state index contributed by atoms with van der Waals surface area (Å²) in [6.07, 6.45) is 0. The van der Waals surface area contributed by atoms with E-state index in [9.17, 15) is 13.2 Å². The first-order chi connectivity index (χ1) is 16.3. The summed E-state index contributed by atoms with van der Waals surface area (Å²) >= 11 is 1.14. The summed E-state index contributed by atoms with van der Waals surface area (Å²) < 4.78 is 34.3. The number of aromatic nitrogens is 1. The second-order valence-corrected chi connectivity index (χ2v) is 9.65. The molecule has 0 fully saturated rings. The van der Waals surface area contributed by atoms with Crippen molar-refractivity contribution in [3.8, 4) is 33.3 Å². The summed E-state index contributed by atoms with van der Waals surface area (Å²) in [4.78, 5) is 17.9. The summed E-state index contributed by atoms with van der Waals surface area (Å²) in [5.74, 6) is 0.352. The third-order valence-electron chi connectivity index (χ3n) is 5.00. The molecule has 1 aromatic heterocycles. The van der Waals surface area contributed by atoms with Crippen LogP contribution in [0.3, 0.4) is 0 Å². The molecule has 0 unspecified atom stereocenters. The van der Waals surface area contributed by atoms with Gasteiger partial charge in [-0.05, 0) is 48.0 Å². The summed E-state index contributed by atoms with van der Waals surface area (Å²) in [5, 5.41) is 8.57. The van der Waals surface area contributed by atoms with Crippen LogP contribution in [0, 0.1) is 0 Å². The Morgan fingerprint density at radius 2 is 1.56 bits per heavy atom. The predicted molar refractivity (Wildman–Crippen MR) is 132 cm³/mol. The molecule has 0 saturated carbocycles. The first-order valence-corrected chi connectivity index (χ1v) is 12.4. The Bertz CT molecular complexity index is 1430. The Labute approximate surface area is 201 Å². The number of carbonyl (C=O) groups is 1. The molecule has 4 aromatic rings. The number of hydrogen-bond donors (Lipinski definition) is 2. The lowest BCUT2D eigenvalue weighted by molar-refractivity contribution is 0.103. The van der Waals surface area contributed by atoms with Gasteiger partial charge in [0.05, 0.1) is 24.8 Å². The lowest BCUT2D eigenvalue weighted by Crippen LogP contribution is -2.13. The topological polar surface area (TPSA) is 121 Å². The van der Waals surface area contributed by atoms with Crippen LogP contribution in [0.1, 0.15) is 9.67 Å². The molecule has 8 nitrogen and oxygen atoms in total. The van der Waals surface area contributed by atoms with Crippen molar-refractivity contribution < 1.29 is 22.7 Å². The summed E-state index contributed by atoms with van der Waals surface area (Å²) in [6, 6.07) is 20.5. The third-order valence-corrected chi connectivity index (χ3v) is 6.98. The third kappa shape index (κ3) is 4.93. The van der Waals surface area contributed by atoms with Gasteiger partial charge in [0, 0.05) is 16.8 Å². The number of primary sulfonamides is 1. The van der Waals surface area contributed by atoms with Crippen LogP contribution in [0.25, 0.3) is 22.4 Å². The van der Waals surface area contributed by atoms with E-state index in [-0.39, 0.29) is 10.8 Å². The Morgan fingerprint density at radius 3 is 2.18 bits per heavy atom. The zero-order chi connectivity index (χ0) is 24.3. The van der Waals surface area contributed by atoms with Gasteiger partial charge < -0.3 is 14.8 Å². The lowest BCUT2D eigenvalue weighted by Gasteiger charge is -2.10. The second-order valence-electron chi connectivity index (χ2n) is 7.16. The van der Waals surface area contributed by atoms with Gasteiger partial charge in [0.25, 0.3) is 11.1 Å². The van der Waals surface area contributed by atoms with E-state index >= 15 is 0 Å². The number of anilines is 1. The van der Waals surface area contributed by atoms with Gasteiger partial charge in [-0.3, -0.25) is 4.79 Å². The van der Waals surface area contributed by atoms with Gasteiger partial charge in [-0.1, -0.05) is 41.7 Å². The first-order valence-electron chi connectivity index (χ1n) is 10.0. The van der Waals surface area contributed by atoms with E-state index in [0.29, 0.717) is 38.3 Å². The minimum Gasteiger partial charge on any atom is -0.497 e. The summed E-state index contributed by atoms with van der Waals surface area (Å²) in [6.45, 7) is 0. The van der Waals surface area contributed by atoms with E-state index in [4.69, 9.17) is 14.6 Å². The summed E-state index contributed by atoms with van der Waals surface area (Å²) in [7, 11) is -0.799. The number of sulfonamides is 1. The Hall–Kier alpha value is -3.73. The zero-order valence-electron chi connectivity index (χ0n) is 18.3. The molecule has 174 valence electrons. The Balaban J connectivity index is 1.60. The van der Waals surface area contributed by atoms with E-state index in [1.807, 2.05) is 12.1 Å². The number of nitrogens with one attached hydrogen (secondary N) is 1. The number of nitrogens with two attached hydrogens (primary N) is 1. The highest BCUT2D eigenvalue weighted by Crippen LogP contribution is 2.34. The lowest BCUT2D eigenvalue weighted by atomic mass is 10.1. The maximum atomic E-state index is 13.1. The zero-order valence-corrected chi connectivity index (χ0v) is 19.9. The minimum atomic E-state index is -3.88. The van der Waals surface area contributed by atoms with Crippen LogP contribution in [0.4, 0.5) is 5.69 Å². The standard InChI is InChI=1S/C24H21N3O5S2/c1-31-18-13-9-16(10-14-18)21-22(33-24(27-21)32-2)23(28)26-17-11-7-15(8-12-17)19-5-3-4-6-20(19)34(25,29)30/h3-14H,1-2H3,(H,26,28)(H2,25,29,30). The van der Waals surface area contributed by atoms with E-state index < -0.39 is 10.0 Å². The van der Waals surface area contributed by atoms with Gasteiger partial charge in [-0.2, -0.15) is 0 Å². The molecule has 0 atom stereocenters. The molecule has 3 N–H and O–H groups in total. The fourth-order valence-electron chi connectivity index (χ4n) is 3.36. The van der Waals surface area contributed by atoms with Crippen molar-refractivity contribution in [3.63, 3.8) is 0 Å². The predicted octanol–water partition coefficient (Wildman–Crippen LogP) is 4.39. The van der Waals surface area contributed by atoms with E-state index in [1.54, 1.807) is 61.7 Å². The fourth-order valence-corrected chi connectivity index (χ4v) is 4.92. The number of thiazole rings is 1. The number of methoxy groups -OCH3 is 2. The SMILES string of the molecule is COc1ccc(-c2nc(OC)sc2C(=O)Nc2ccc(-c3ccccc3S(N)(=O)=O)cc2)cc1. The van der Waals surface area contributed by atoms with E-state index in [0.717, 1.165) is 16.9 Å². The van der Waals surface area contributed by atoms with Crippen molar-refractivity contribution in [2.24, 2.45) is 5.14 Å². The molecular formula is C24H21N3O5S2. The van der Waals surface area contributed by atoms with Crippen molar-refractivity contribution in [1.82, 2.24) is 4.98 Å². The molecule has 0 bridgehead atoms. The van der Waals surface area contributed by atoms with Crippen LogP contribution in [0.2, 0.25) is 0 Å². The number of rotatable bonds is 7. The molecule has 34 heavy (non-hydrogen) atoms. The van der Waals surface area contributed by atoms with Gasteiger partial charge in [0.2, 0.25) is 10.0 Å². The number of amides is 1. The molecular weight excluding hydrogens is 474 g/mol. The minimum absolute atomic E-state index is 0.0349. The molecule has 0 spiro atoms. The number of benzene rings is 3. The van der Waals surface area contributed by atoms with Crippen LogP contribution < -0.4 is 19.9 Å². The molecule has 10 heteroatoms. The van der Waals surface area contributed by atoms with Gasteiger partial charge in [-0.25, -0.2) is 18.5 Å². The van der Waals surface area contributed by atoms with Gasteiger partial charge in [-0.15, -0.1) is 0 Å². The fraction of sp³-hybridized carbons (Fsp3) is 0.0833. The normalized spacial score (nSPS) is 11.1. The Morgan fingerprint density at radius 1 is 0.912 bits per heavy atom. The number of hydrogen-bond acceptors (Lipinski definition) is 7. The van der Waals surface area contributed by atoms with E-state index in [1.165, 1.54) is 13.2 Å². The smallest absolute Gasteiger partial charge is 0.274 e. The average molecular weight is 496 g/mol. The molecule has 4 rings (SSSR count). The maximum absolute atomic E-state index is 13.1. The summed E-state index contributed by atoms with van der Waals surface area (Å²) in [5.41, 5.74) is 2.92. The highest BCUT2D eigenvalue weighted by Gasteiger charge is 2.21. The van der Waals surface area contributed by atoms with E-state index in [2.05, 4.69) is 10.3 Å². The van der Waals surface area contributed by atoms with Crippen LogP contribution in [0.15, 0.2) is 77.7 Å². The van der Waals surface area contributed by atoms with Crippen molar-refractivity contribution in [2.75, 3.05) is 19.5 Å². The highest BCUT2D eigenvalue weighted by molar-refractivity contribution is 7.89. The quantitative estimate of drug-likeness (QED) is 0.392. The first kappa shape index (κ1) is 23.4. The van der Waals surface area contributed by atoms with Crippen molar-refractivity contribution in [2.45, 2.75) is 4.90 Å². The van der Waals surface area contributed by atoms with Gasteiger partial charge in [0.1, 0.15) is 10.6 Å². The van der Waals surface area contributed by atoms with Gasteiger partial charge in [0.15, 0.2) is 0 Å². The average Bonchev–Trinajstić information content (AvgIpc) is 3.29. The molecule has 1 amide bonds. The molecule has 0 saturated heterocycles. The molecule has 3 aromatic carbocycles.